The van der Waals surface area contributed by atoms with E-state index < -0.39 is 24.2 Å². The van der Waals surface area contributed by atoms with Crippen LogP contribution in [0.4, 0.5) is 4.79 Å². The van der Waals surface area contributed by atoms with E-state index in [-0.39, 0.29) is 38.0 Å². The zero-order chi connectivity index (χ0) is 24.8. The fraction of sp³-hybridized carbons (Fsp3) is 0.444. The van der Waals surface area contributed by atoms with Gasteiger partial charge in [-0.2, -0.15) is 0 Å². The molecule has 1 fully saturated rings. The van der Waals surface area contributed by atoms with Crippen molar-refractivity contribution in [1.82, 2.24) is 10.2 Å². The van der Waals surface area contributed by atoms with Crippen LogP contribution < -0.4 is 5.32 Å². The normalized spacial score (nSPS) is 17.9. The SMILES string of the molecule is CCCCC(NC(=O)OCC1c2ccccc2-c2ccccc21)C(=O)N1CCOC(CC(=O)O)C1. The molecule has 2 aromatic rings. The van der Waals surface area contributed by atoms with Crippen molar-refractivity contribution < 1.29 is 29.0 Å². The zero-order valence-electron chi connectivity index (χ0n) is 19.9. The molecule has 1 aliphatic carbocycles. The fourth-order valence-electron chi connectivity index (χ4n) is 4.91. The van der Waals surface area contributed by atoms with Crippen molar-refractivity contribution in [2.24, 2.45) is 0 Å². The van der Waals surface area contributed by atoms with E-state index in [2.05, 4.69) is 29.6 Å². The molecule has 2 N–H and O–H groups in total. The number of ether oxygens (including phenoxy) is 2. The van der Waals surface area contributed by atoms with E-state index >= 15 is 0 Å². The van der Waals surface area contributed by atoms with Gasteiger partial charge in [0.25, 0.3) is 0 Å². The molecule has 186 valence electrons. The molecule has 2 atom stereocenters. The first-order chi connectivity index (χ1) is 17.0. The number of nitrogens with one attached hydrogen (secondary N) is 1. The molecule has 0 bridgehead atoms. The van der Waals surface area contributed by atoms with Gasteiger partial charge in [-0.1, -0.05) is 68.3 Å². The third kappa shape index (κ3) is 5.82. The predicted molar refractivity (Wildman–Crippen MR) is 130 cm³/mol. The smallest absolute Gasteiger partial charge is 0.407 e. The van der Waals surface area contributed by atoms with Gasteiger partial charge in [0.2, 0.25) is 5.91 Å². The molecule has 8 nitrogen and oxygen atoms in total. The topological polar surface area (TPSA) is 105 Å². The third-order valence-electron chi connectivity index (χ3n) is 6.63. The highest BCUT2D eigenvalue weighted by Gasteiger charge is 2.32. The highest BCUT2D eigenvalue weighted by Crippen LogP contribution is 2.44. The van der Waals surface area contributed by atoms with Crippen LogP contribution in [-0.4, -0.2) is 66.4 Å². The molecule has 8 heteroatoms. The Hall–Kier alpha value is -3.39. The lowest BCUT2D eigenvalue weighted by Gasteiger charge is -2.34. The minimum atomic E-state index is -0.969. The Balaban J connectivity index is 1.39. The lowest BCUT2D eigenvalue weighted by atomic mass is 9.98. The number of amides is 2. The molecule has 4 rings (SSSR count). The summed E-state index contributed by atoms with van der Waals surface area (Å²) in [6.45, 7) is 3.03. The molecule has 35 heavy (non-hydrogen) atoms. The van der Waals surface area contributed by atoms with Crippen LogP contribution >= 0.6 is 0 Å². The summed E-state index contributed by atoms with van der Waals surface area (Å²) < 4.78 is 11.1. The first-order valence-corrected chi connectivity index (χ1v) is 12.2. The van der Waals surface area contributed by atoms with Crippen LogP contribution in [0.3, 0.4) is 0 Å². The first-order valence-electron chi connectivity index (χ1n) is 12.2. The van der Waals surface area contributed by atoms with Crippen LogP contribution in [0.15, 0.2) is 48.5 Å². The Morgan fingerprint density at radius 1 is 1.11 bits per heavy atom. The van der Waals surface area contributed by atoms with Crippen LogP contribution in [0.1, 0.15) is 49.7 Å². The maximum absolute atomic E-state index is 13.2. The molecule has 0 aromatic heterocycles. The van der Waals surface area contributed by atoms with Crippen molar-refractivity contribution >= 4 is 18.0 Å². The summed E-state index contributed by atoms with van der Waals surface area (Å²) in [5, 5.41) is 11.8. The van der Waals surface area contributed by atoms with Gasteiger partial charge in [-0.25, -0.2) is 4.79 Å². The van der Waals surface area contributed by atoms with Crippen LogP contribution in [-0.2, 0) is 19.1 Å². The second-order valence-corrected chi connectivity index (χ2v) is 9.04. The molecular weight excluding hydrogens is 448 g/mol. The number of fused-ring (bicyclic) bond motifs is 3. The lowest BCUT2D eigenvalue weighted by Crippen LogP contribution is -2.54. The average Bonchev–Trinajstić information content (AvgIpc) is 3.18. The predicted octanol–water partition coefficient (Wildman–Crippen LogP) is 3.79. The number of hydrogen-bond donors (Lipinski definition) is 2. The Morgan fingerprint density at radius 2 is 1.77 bits per heavy atom. The number of morpholine rings is 1. The average molecular weight is 481 g/mol. The molecule has 2 aliphatic rings. The largest absolute Gasteiger partial charge is 0.481 e. The van der Waals surface area contributed by atoms with Crippen molar-refractivity contribution in [2.75, 3.05) is 26.3 Å². The van der Waals surface area contributed by atoms with Gasteiger partial charge in [0.15, 0.2) is 0 Å². The number of carboxylic acids is 1. The number of nitrogens with zero attached hydrogens (tertiary/aromatic N) is 1. The molecule has 0 spiro atoms. The number of alkyl carbamates (subject to hydrolysis) is 1. The van der Waals surface area contributed by atoms with Gasteiger partial charge in [0, 0.05) is 19.0 Å². The second kappa shape index (κ2) is 11.4. The van der Waals surface area contributed by atoms with Crippen molar-refractivity contribution in [3.05, 3.63) is 59.7 Å². The summed E-state index contributed by atoms with van der Waals surface area (Å²) in [5.74, 6) is -1.26. The first kappa shape index (κ1) is 24.7. The lowest BCUT2D eigenvalue weighted by molar-refractivity contribution is -0.148. The number of carbonyl (C=O) groups is 3. The number of carboxylic acid groups (broad SMARTS) is 1. The van der Waals surface area contributed by atoms with E-state index in [4.69, 9.17) is 14.6 Å². The van der Waals surface area contributed by atoms with E-state index in [0.717, 1.165) is 35.1 Å². The summed E-state index contributed by atoms with van der Waals surface area (Å²) in [4.78, 5) is 38.6. The Bertz CT molecular complexity index is 1030. The third-order valence-corrected chi connectivity index (χ3v) is 6.63. The quantitative estimate of drug-likeness (QED) is 0.566. The highest BCUT2D eigenvalue weighted by atomic mass is 16.5. The van der Waals surface area contributed by atoms with Crippen LogP contribution in [0.25, 0.3) is 11.1 Å². The molecular formula is C27H32N2O6. The maximum atomic E-state index is 13.2. The fourth-order valence-corrected chi connectivity index (χ4v) is 4.91. The van der Waals surface area contributed by atoms with E-state index in [1.807, 2.05) is 31.2 Å². The van der Waals surface area contributed by atoms with Gasteiger partial charge in [0.1, 0.15) is 12.6 Å². The standard InChI is InChI=1S/C27H32N2O6/c1-2-3-12-24(26(32)29-13-14-34-18(16-29)15-25(30)31)28-27(33)35-17-23-21-10-6-4-8-19(21)20-9-5-7-11-22(20)23/h4-11,18,23-24H,2-3,12-17H2,1H3,(H,28,33)(H,30,31). The Kier molecular flexibility index (Phi) is 8.02. The number of rotatable bonds is 9. The zero-order valence-corrected chi connectivity index (χ0v) is 19.9. The monoisotopic (exact) mass is 480 g/mol. The maximum Gasteiger partial charge on any atom is 0.407 e. The summed E-state index contributed by atoms with van der Waals surface area (Å²) in [6, 6.07) is 15.5. The number of aliphatic carboxylic acids is 1. The van der Waals surface area contributed by atoms with E-state index in [0.29, 0.717) is 13.0 Å². The van der Waals surface area contributed by atoms with Crippen LogP contribution in [0.2, 0.25) is 0 Å². The molecule has 1 heterocycles. The molecule has 2 amide bonds. The molecule has 2 aromatic carbocycles. The second-order valence-electron chi connectivity index (χ2n) is 9.04. The van der Waals surface area contributed by atoms with E-state index in [1.54, 1.807) is 4.90 Å². The Labute approximate surface area is 205 Å². The van der Waals surface area contributed by atoms with Gasteiger partial charge in [-0.3, -0.25) is 9.59 Å². The van der Waals surface area contributed by atoms with Gasteiger partial charge in [0.05, 0.1) is 19.1 Å². The number of unbranched alkanes of at least 4 members (excludes halogenated alkanes) is 1. The minimum absolute atomic E-state index is 0.0611. The van der Waals surface area contributed by atoms with Crippen LogP contribution in [0.5, 0.6) is 0 Å². The van der Waals surface area contributed by atoms with Gasteiger partial charge < -0.3 is 24.8 Å². The van der Waals surface area contributed by atoms with Gasteiger partial charge >= 0.3 is 12.1 Å². The van der Waals surface area contributed by atoms with Crippen molar-refractivity contribution in [3.63, 3.8) is 0 Å². The molecule has 0 radical (unpaired) electrons. The molecule has 1 aliphatic heterocycles. The van der Waals surface area contributed by atoms with E-state index in [1.165, 1.54) is 0 Å². The van der Waals surface area contributed by atoms with Crippen molar-refractivity contribution in [1.29, 1.82) is 0 Å². The molecule has 0 saturated carbocycles. The minimum Gasteiger partial charge on any atom is -0.481 e. The van der Waals surface area contributed by atoms with Crippen LogP contribution in [0, 0.1) is 0 Å². The summed E-state index contributed by atoms with van der Waals surface area (Å²) in [5.41, 5.74) is 4.54. The highest BCUT2D eigenvalue weighted by molar-refractivity contribution is 5.86. The number of hydrogen-bond acceptors (Lipinski definition) is 5. The molecule has 2 unspecified atom stereocenters. The van der Waals surface area contributed by atoms with E-state index in [9.17, 15) is 14.4 Å². The van der Waals surface area contributed by atoms with Gasteiger partial charge in [-0.15, -0.1) is 0 Å². The molecule has 1 saturated heterocycles. The summed E-state index contributed by atoms with van der Waals surface area (Å²) in [7, 11) is 0. The van der Waals surface area contributed by atoms with Gasteiger partial charge in [-0.05, 0) is 28.7 Å². The Morgan fingerprint density at radius 3 is 2.40 bits per heavy atom. The summed E-state index contributed by atoms with van der Waals surface area (Å²) in [6.07, 6.45) is 0.788. The van der Waals surface area contributed by atoms with Crippen molar-refractivity contribution in [2.45, 2.75) is 50.7 Å². The van der Waals surface area contributed by atoms with Crippen molar-refractivity contribution in [3.8, 4) is 11.1 Å². The number of carbonyl (C=O) groups excluding carboxylic acids is 2. The summed E-state index contributed by atoms with van der Waals surface area (Å²) >= 11 is 0. The number of benzene rings is 2.